The van der Waals surface area contributed by atoms with E-state index >= 15 is 0 Å². The van der Waals surface area contributed by atoms with Crippen molar-refractivity contribution < 1.29 is 9.52 Å². The molecule has 0 aliphatic heterocycles. The summed E-state index contributed by atoms with van der Waals surface area (Å²) in [5.74, 6) is 0.263. The van der Waals surface area contributed by atoms with Gasteiger partial charge in [0.2, 0.25) is 0 Å². The van der Waals surface area contributed by atoms with E-state index in [0.29, 0.717) is 11.0 Å². The van der Waals surface area contributed by atoms with Gasteiger partial charge in [-0.25, -0.2) is 4.68 Å². The van der Waals surface area contributed by atoms with Crippen molar-refractivity contribution in [3.05, 3.63) is 58.7 Å². The Labute approximate surface area is 102 Å². The highest BCUT2D eigenvalue weighted by Gasteiger charge is 2.06. The van der Waals surface area contributed by atoms with E-state index in [-0.39, 0.29) is 17.8 Å². The molecule has 0 bridgehead atoms. The number of rotatable bonds is 2. The first-order valence-corrected chi connectivity index (χ1v) is 5.45. The fourth-order valence-electron chi connectivity index (χ4n) is 1.84. The van der Waals surface area contributed by atoms with E-state index in [4.69, 9.17) is 9.52 Å². The standard InChI is InChI=1S/C13H10N2O3/c16-8-10-7-12(17)11-6-9(2-3-13(11)18-10)15-5-1-4-14-15/h1-7,16H,8H2. The van der Waals surface area contributed by atoms with Crippen LogP contribution in [-0.4, -0.2) is 14.9 Å². The molecule has 0 aliphatic carbocycles. The summed E-state index contributed by atoms with van der Waals surface area (Å²) in [6.45, 7) is -0.286. The van der Waals surface area contributed by atoms with Crippen LogP contribution in [0.3, 0.4) is 0 Å². The lowest BCUT2D eigenvalue weighted by Crippen LogP contribution is -2.03. The van der Waals surface area contributed by atoms with E-state index in [9.17, 15) is 4.79 Å². The minimum Gasteiger partial charge on any atom is -0.458 e. The molecule has 0 amide bonds. The summed E-state index contributed by atoms with van der Waals surface area (Å²) in [6.07, 6.45) is 3.46. The molecule has 0 unspecified atom stereocenters. The molecule has 0 atom stereocenters. The highest BCUT2D eigenvalue weighted by molar-refractivity contribution is 5.78. The molecule has 0 aliphatic rings. The van der Waals surface area contributed by atoms with E-state index in [1.165, 1.54) is 6.07 Å². The van der Waals surface area contributed by atoms with Gasteiger partial charge < -0.3 is 9.52 Å². The minimum atomic E-state index is -0.286. The summed E-state index contributed by atoms with van der Waals surface area (Å²) < 4.78 is 7.05. The van der Waals surface area contributed by atoms with Gasteiger partial charge in [-0.3, -0.25) is 4.79 Å². The van der Waals surface area contributed by atoms with Crippen molar-refractivity contribution in [3.8, 4) is 5.69 Å². The molecule has 0 saturated carbocycles. The summed E-state index contributed by atoms with van der Waals surface area (Å²) in [4.78, 5) is 11.9. The lowest BCUT2D eigenvalue weighted by molar-refractivity contribution is 0.249. The highest BCUT2D eigenvalue weighted by Crippen LogP contribution is 2.16. The number of hydrogen-bond donors (Lipinski definition) is 1. The molecule has 2 heterocycles. The van der Waals surface area contributed by atoms with Crippen molar-refractivity contribution in [2.24, 2.45) is 0 Å². The molecule has 18 heavy (non-hydrogen) atoms. The van der Waals surface area contributed by atoms with E-state index < -0.39 is 0 Å². The summed E-state index contributed by atoms with van der Waals surface area (Å²) in [6, 6.07) is 8.33. The summed E-state index contributed by atoms with van der Waals surface area (Å²) >= 11 is 0. The molecule has 0 fully saturated rings. The fourth-order valence-corrected chi connectivity index (χ4v) is 1.84. The molecule has 0 spiro atoms. The Bertz CT molecular complexity index is 745. The van der Waals surface area contributed by atoms with Crippen molar-refractivity contribution in [2.45, 2.75) is 6.61 Å². The van der Waals surface area contributed by atoms with Gasteiger partial charge in [0.15, 0.2) is 5.43 Å². The molecular formula is C13H10N2O3. The largest absolute Gasteiger partial charge is 0.458 e. The van der Waals surface area contributed by atoms with Gasteiger partial charge >= 0.3 is 0 Å². The molecule has 1 N–H and O–H groups in total. The van der Waals surface area contributed by atoms with E-state index in [1.807, 2.05) is 6.07 Å². The quantitative estimate of drug-likeness (QED) is 0.738. The Morgan fingerprint density at radius 2 is 2.22 bits per heavy atom. The Morgan fingerprint density at radius 1 is 1.33 bits per heavy atom. The van der Waals surface area contributed by atoms with Crippen molar-refractivity contribution in [1.29, 1.82) is 0 Å². The van der Waals surface area contributed by atoms with E-state index in [2.05, 4.69) is 5.10 Å². The van der Waals surface area contributed by atoms with Crippen LogP contribution in [0.1, 0.15) is 5.76 Å². The van der Waals surface area contributed by atoms with Gasteiger partial charge in [-0.15, -0.1) is 0 Å². The van der Waals surface area contributed by atoms with Gasteiger partial charge in [-0.05, 0) is 24.3 Å². The molecule has 0 radical (unpaired) electrons. The topological polar surface area (TPSA) is 68.3 Å². The van der Waals surface area contributed by atoms with Crippen LogP contribution in [0.15, 0.2) is 51.9 Å². The number of aromatic nitrogens is 2. The lowest BCUT2D eigenvalue weighted by Gasteiger charge is -2.04. The van der Waals surface area contributed by atoms with Gasteiger partial charge in [-0.1, -0.05) is 0 Å². The third-order valence-corrected chi connectivity index (χ3v) is 2.69. The molecule has 90 valence electrons. The smallest absolute Gasteiger partial charge is 0.193 e. The fraction of sp³-hybridized carbons (Fsp3) is 0.0769. The van der Waals surface area contributed by atoms with E-state index in [0.717, 1.165) is 5.69 Å². The number of nitrogens with zero attached hydrogens (tertiary/aromatic N) is 2. The second-order valence-electron chi connectivity index (χ2n) is 3.87. The van der Waals surface area contributed by atoms with Gasteiger partial charge in [0.1, 0.15) is 18.0 Å². The first-order valence-electron chi connectivity index (χ1n) is 5.45. The maximum atomic E-state index is 11.9. The molecule has 5 nitrogen and oxygen atoms in total. The lowest BCUT2D eigenvalue weighted by atomic mass is 10.2. The Balaban J connectivity index is 2.24. The van der Waals surface area contributed by atoms with Crippen molar-refractivity contribution >= 4 is 11.0 Å². The van der Waals surface area contributed by atoms with Crippen LogP contribution < -0.4 is 5.43 Å². The number of fused-ring (bicyclic) bond motifs is 1. The van der Waals surface area contributed by atoms with Crippen LogP contribution in [0.2, 0.25) is 0 Å². The Morgan fingerprint density at radius 3 is 2.94 bits per heavy atom. The molecule has 0 saturated heterocycles. The second kappa shape index (κ2) is 4.12. The predicted octanol–water partition coefficient (Wildman–Crippen LogP) is 1.47. The zero-order valence-electron chi connectivity index (χ0n) is 9.41. The molecular weight excluding hydrogens is 232 g/mol. The van der Waals surface area contributed by atoms with Crippen LogP contribution in [0.25, 0.3) is 16.7 Å². The first-order chi connectivity index (χ1) is 8.78. The maximum Gasteiger partial charge on any atom is 0.193 e. The Hall–Kier alpha value is -2.40. The van der Waals surface area contributed by atoms with E-state index in [1.54, 1.807) is 35.3 Å². The summed E-state index contributed by atoms with van der Waals surface area (Å²) in [5, 5.41) is 13.6. The predicted molar refractivity (Wildman–Crippen MR) is 65.5 cm³/mol. The third kappa shape index (κ3) is 1.70. The molecule has 2 aromatic heterocycles. The van der Waals surface area contributed by atoms with Gasteiger partial charge in [0.05, 0.1) is 11.1 Å². The molecule has 3 aromatic rings. The van der Waals surface area contributed by atoms with Gasteiger partial charge in [0, 0.05) is 18.5 Å². The average molecular weight is 242 g/mol. The average Bonchev–Trinajstić information content (AvgIpc) is 2.92. The third-order valence-electron chi connectivity index (χ3n) is 2.69. The van der Waals surface area contributed by atoms with Crippen molar-refractivity contribution in [2.75, 3.05) is 0 Å². The zero-order chi connectivity index (χ0) is 12.5. The number of aliphatic hydroxyl groups excluding tert-OH is 1. The maximum absolute atomic E-state index is 11.9. The Kier molecular flexibility index (Phi) is 2.46. The van der Waals surface area contributed by atoms with Crippen LogP contribution in [0, 0.1) is 0 Å². The van der Waals surface area contributed by atoms with Crippen LogP contribution >= 0.6 is 0 Å². The normalized spacial score (nSPS) is 10.9. The molecule has 3 rings (SSSR count). The first kappa shape index (κ1) is 10.7. The van der Waals surface area contributed by atoms with Crippen LogP contribution in [0.4, 0.5) is 0 Å². The number of benzene rings is 1. The molecule has 1 aromatic carbocycles. The zero-order valence-corrected chi connectivity index (χ0v) is 9.41. The second-order valence-corrected chi connectivity index (χ2v) is 3.87. The van der Waals surface area contributed by atoms with Gasteiger partial charge in [0.25, 0.3) is 0 Å². The van der Waals surface area contributed by atoms with Crippen LogP contribution in [-0.2, 0) is 6.61 Å². The van der Waals surface area contributed by atoms with Gasteiger partial charge in [-0.2, -0.15) is 5.10 Å². The van der Waals surface area contributed by atoms with Crippen molar-refractivity contribution in [3.63, 3.8) is 0 Å². The molecule has 5 heteroatoms. The van der Waals surface area contributed by atoms with Crippen LogP contribution in [0.5, 0.6) is 0 Å². The number of hydrogen-bond acceptors (Lipinski definition) is 4. The number of aliphatic hydroxyl groups is 1. The SMILES string of the molecule is O=c1cc(CO)oc2ccc(-n3cccn3)cc12. The summed E-state index contributed by atoms with van der Waals surface area (Å²) in [5.41, 5.74) is 1.08. The summed E-state index contributed by atoms with van der Waals surface area (Å²) in [7, 11) is 0. The monoisotopic (exact) mass is 242 g/mol. The van der Waals surface area contributed by atoms with Crippen molar-refractivity contribution in [1.82, 2.24) is 9.78 Å². The highest BCUT2D eigenvalue weighted by atomic mass is 16.4. The minimum absolute atomic E-state index is 0.172.